The van der Waals surface area contributed by atoms with Crippen LogP contribution in [0.2, 0.25) is 5.02 Å². The molecular formula is C23H23ClN4O2. The number of H-pyrrole nitrogens is 1. The molecule has 2 aliphatic heterocycles. The van der Waals surface area contributed by atoms with Crippen LogP contribution < -0.4 is 5.32 Å². The maximum Gasteiger partial charge on any atom is 0.246 e. The lowest BCUT2D eigenvalue weighted by Crippen LogP contribution is -2.69. The lowest BCUT2D eigenvalue weighted by molar-refractivity contribution is -0.153. The SMILES string of the molecule is O=C1N[C@@H](Cc2c[nH]c3ccccc23)C(=O)N2CCN(Cc3cccc(Cl)c3)C[C@H]12. The zero-order valence-corrected chi connectivity index (χ0v) is 17.2. The van der Waals surface area contributed by atoms with Crippen molar-refractivity contribution in [3.8, 4) is 0 Å². The number of carbonyl (C=O) groups excluding carboxylic acids is 2. The second-order valence-electron chi connectivity index (χ2n) is 8.04. The molecule has 7 heteroatoms. The van der Waals surface area contributed by atoms with Crippen molar-refractivity contribution >= 4 is 34.3 Å². The Morgan fingerprint density at radius 1 is 1.07 bits per heavy atom. The number of nitrogens with zero attached hydrogens (tertiary/aromatic N) is 2. The van der Waals surface area contributed by atoms with Gasteiger partial charge in [-0.25, -0.2) is 0 Å². The van der Waals surface area contributed by atoms with Crippen LogP contribution in [0.4, 0.5) is 0 Å². The summed E-state index contributed by atoms with van der Waals surface area (Å²) in [6.07, 6.45) is 2.42. The van der Waals surface area contributed by atoms with Crippen LogP contribution in [-0.4, -0.2) is 58.3 Å². The van der Waals surface area contributed by atoms with E-state index in [0.717, 1.165) is 28.6 Å². The Hall–Kier alpha value is -2.83. The number of amides is 2. The first-order valence-corrected chi connectivity index (χ1v) is 10.6. The highest BCUT2D eigenvalue weighted by atomic mass is 35.5. The average Bonchev–Trinajstić information content (AvgIpc) is 3.15. The number of aromatic amines is 1. The molecule has 0 spiro atoms. The first kappa shape index (κ1) is 19.2. The summed E-state index contributed by atoms with van der Waals surface area (Å²) in [5, 5.41) is 4.77. The number of rotatable bonds is 4. The van der Waals surface area contributed by atoms with Crippen molar-refractivity contribution in [2.45, 2.75) is 25.0 Å². The van der Waals surface area contributed by atoms with Crippen LogP contribution >= 0.6 is 11.6 Å². The molecule has 3 aromatic rings. The van der Waals surface area contributed by atoms with Crippen LogP contribution in [0.3, 0.4) is 0 Å². The van der Waals surface area contributed by atoms with E-state index in [1.807, 2.05) is 54.7 Å². The summed E-state index contributed by atoms with van der Waals surface area (Å²) in [6, 6.07) is 14.8. The molecule has 2 atom stereocenters. The molecule has 0 aliphatic carbocycles. The maximum absolute atomic E-state index is 13.1. The molecule has 30 heavy (non-hydrogen) atoms. The van der Waals surface area contributed by atoms with Gasteiger partial charge in [-0.3, -0.25) is 14.5 Å². The van der Waals surface area contributed by atoms with Crippen molar-refractivity contribution in [3.05, 3.63) is 70.9 Å². The van der Waals surface area contributed by atoms with Crippen molar-refractivity contribution in [1.82, 2.24) is 20.1 Å². The van der Waals surface area contributed by atoms with Crippen molar-refractivity contribution in [2.75, 3.05) is 19.6 Å². The Bertz CT molecular complexity index is 1110. The lowest BCUT2D eigenvalue weighted by atomic mass is 9.98. The summed E-state index contributed by atoms with van der Waals surface area (Å²) in [7, 11) is 0. The van der Waals surface area contributed by atoms with E-state index >= 15 is 0 Å². The Labute approximate surface area is 179 Å². The molecule has 5 rings (SSSR count). The molecule has 2 N–H and O–H groups in total. The number of nitrogens with one attached hydrogen (secondary N) is 2. The van der Waals surface area contributed by atoms with E-state index in [9.17, 15) is 9.59 Å². The van der Waals surface area contributed by atoms with Gasteiger partial charge in [0.2, 0.25) is 11.8 Å². The Balaban J connectivity index is 1.28. The maximum atomic E-state index is 13.1. The molecule has 2 fully saturated rings. The van der Waals surface area contributed by atoms with E-state index in [1.54, 1.807) is 4.90 Å². The first-order chi connectivity index (χ1) is 14.6. The number of benzene rings is 2. The van der Waals surface area contributed by atoms with Crippen molar-refractivity contribution < 1.29 is 9.59 Å². The fourth-order valence-electron chi connectivity index (χ4n) is 4.55. The van der Waals surface area contributed by atoms with Crippen LogP contribution in [0, 0.1) is 0 Å². The highest BCUT2D eigenvalue weighted by Gasteiger charge is 2.43. The largest absolute Gasteiger partial charge is 0.361 e. The third kappa shape index (κ3) is 3.57. The summed E-state index contributed by atoms with van der Waals surface area (Å²) in [4.78, 5) is 33.2. The number of hydrogen-bond acceptors (Lipinski definition) is 3. The number of fused-ring (bicyclic) bond motifs is 2. The molecule has 0 unspecified atom stereocenters. The van der Waals surface area contributed by atoms with Gasteiger partial charge in [0, 0.05) is 54.7 Å². The molecule has 2 aliphatic rings. The van der Waals surface area contributed by atoms with Gasteiger partial charge >= 0.3 is 0 Å². The Kier molecular flexibility index (Phi) is 4.97. The molecule has 6 nitrogen and oxygen atoms in total. The number of halogens is 1. The van der Waals surface area contributed by atoms with Crippen LogP contribution in [0.5, 0.6) is 0 Å². The van der Waals surface area contributed by atoms with Gasteiger partial charge in [-0.15, -0.1) is 0 Å². The number of piperazine rings is 2. The average molecular weight is 423 g/mol. The molecule has 0 bridgehead atoms. The smallest absolute Gasteiger partial charge is 0.246 e. The zero-order valence-electron chi connectivity index (χ0n) is 16.5. The monoisotopic (exact) mass is 422 g/mol. The number of hydrogen-bond donors (Lipinski definition) is 2. The van der Waals surface area contributed by atoms with Crippen molar-refractivity contribution in [3.63, 3.8) is 0 Å². The van der Waals surface area contributed by atoms with Crippen LogP contribution in [0.25, 0.3) is 10.9 Å². The predicted molar refractivity (Wildman–Crippen MR) is 116 cm³/mol. The first-order valence-electron chi connectivity index (χ1n) is 10.2. The van der Waals surface area contributed by atoms with Crippen LogP contribution in [0.1, 0.15) is 11.1 Å². The van der Waals surface area contributed by atoms with E-state index < -0.39 is 12.1 Å². The fourth-order valence-corrected chi connectivity index (χ4v) is 4.77. The molecule has 154 valence electrons. The van der Waals surface area contributed by atoms with E-state index in [1.165, 1.54) is 0 Å². The van der Waals surface area contributed by atoms with Gasteiger partial charge in [0.15, 0.2) is 0 Å². The van der Waals surface area contributed by atoms with E-state index in [-0.39, 0.29) is 11.8 Å². The highest BCUT2D eigenvalue weighted by Crippen LogP contribution is 2.23. The Morgan fingerprint density at radius 2 is 1.93 bits per heavy atom. The zero-order chi connectivity index (χ0) is 20.7. The molecule has 3 heterocycles. The minimum absolute atomic E-state index is 0.00675. The number of aromatic nitrogens is 1. The lowest BCUT2D eigenvalue weighted by Gasteiger charge is -2.45. The second kappa shape index (κ2) is 7.78. The van der Waals surface area contributed by atoms with E-state index in [4.69, 9.17) is 11.6 Å². The standard InChI is InChI=1S/C23H23ClN4O2/c24-17-5-3-4-15(10-17)13-27-8-9-28-21(14-27)22(29)26-20(23(28)30)11-16-12-25-19-7-2-1-6-18(16)19/h1-7,10,12,20-21,25H,8-9,11,13-14H2,(H,26,29)/t20-,21+/m0/s1. The molecular weight excluding hydrogens is 400 g/mol. The Morgan fingerprint density at radius 3 is 2.80 bits per heavy atom. The van der Waals surface area contributed by atoms with Gasteiger partial charge in [-0.2, -0.15) is 0 Å². The van der Waals surface area contributed by atoms with Crippen LogP contribution in [-0.2, 0) is 22.6 Å². The molecule has 2 amide bonds. The van der Waals surface area contributed by atoms with E-state index in [0.29, 0.717) is 31.1 Å². The van der Waals surface area contributed by atoms with Gasteiger partial charge < -0.3 is 15.2 Å². The highest BCUT2D eigenvalue weighted by molar-refractivity contribution is 6.30. The minimum atomic E-state index is -0.521. The summed E-state index contributed by atoms with van der Waals surface area (Å²) >= 11 is 6.09. The van der Waals surface area contributed by atoms with Gasteiger partial charge in [-0.1, -0.05) is 41.9 Å². The van der Waals surface area contributed by atoms with Gasteiger partial charge in [0.1, 0.15) is 12.1 Å². The quantitative estimate of drug-likeness (QED) is 0.679. The van der Waals surface area contributed by atoms with Crippen molar-refractivity contribution in [1.29, 1.82) is 0 Å². The molecule has 1 aromatic heterocycles. The molecule has 0 saturated carbocycles. The summed E-state index contributed by atoms with van der Waals surface area (Å²) in [5.74, 6) is -0.0671. The predicted octanol–water partition coefficient (Wildman–Crippen LogP) is 2.58. The minimum Gasteiger partial charge on any atom is -0.361 e. The summed E-state index contributed by atoms with van der Waals surface area (Å²) in [6.45, 7) is 2.54. The topological polar surface area (TPSA) is 68.4 Å². The van der Waals surface area contributed by atoms with Gasteiger partial charge in [0.05, 0.1) is 0 Å². The van der Waals surface area contributed by atoms with Crippen LogP contribution in [0.15, 0.2) is 54.7 Å². The third-order valence-corrected chi connectivity index (χ3v) is 6.29. The molecule has 2 aromatic carbocycles. The van der Waals surface area contributed by atoms with Gasteiger partial charge in [-0.05, 0) is 29.3 Å². The normalized spacial score (nSPS) is 22.2. The van der Waals surface area contributed by atoms with Crippen molar-refractivity contribution in [2.24, 2.45) is 0 Å². The third-order valence-electron chi connectivity index (χ3n) is 6.06. The summed E-state index contributed by atoms with van der Waals surface area (Å²) in [5.41, 5.74) is 3.19. The fraction of sp³-hybridized carbons (Fsp3) is 0.304. The number of para-hydroxylation sites is 1. The number of carbonyl (C=O) groups is 2. The summed E-state index contributed by atoms with van der Waals surface area (Å²) < 4.78 is 0. The van der Waals surface area contributed by atoms with E-state index in [2.05, 4.69) is 15.2 Å². The second-order valence-corrected chi connectivity index (χ2v) is 8.47. The van der Waals surface area contributed by atoms with Gasteiger partial charge in [0.25, 0.3) is 0 Å². The molecule has 2 saturated heterocycles. The molecule has 0 radical (unpaired) electrons.